The molecule has 2 aliphatic heterocycles. The minimum atomic E-state index is -4.66. The van der Waals surface area contributed by atoms with Crippen molar-refractivity contribution >= 4 is 61.2 Å². The standard InChI is InChI=1S/C45H50ClN7O9S/c1-45(2)15-11-33(39(26-45)31-3-5-34(46)6-4-31)29-52(57)17-19-53(58,20-18-52)35-7-9-38(42(24-35)62-36-23-32-12-16-47-43(32)49-28-36)44(54)50-63(59,60)37-8-10-40(41(25-37)51(55)56)48-27-30-13-21-61-22-14-30/h3-10,12,16,23-25,28,30,48H,11,13-15,17-22,26-27,29H2,1-2H3,(H,47,49)(H,50,54). The van der Waals surface area contributed by atoms with Gasteiger partial charge in [-0.05, 0) is 103 Å². The third-order valence-electron chi connectivity index (χ3n) is 12.5. The number of hydroxylamine groups is 5. The number of benzene rings is 3. The van der Waals surface area contributed by atoms with Crippen LogP contribution in [-0.4, -0.2) is 86.3 Å². The lowest BCUT2D eigenvalue weighted by Crippen LogP contribution is -2.63. The molecule has 16 nitrogen and oxygen atoms in total. The molecule has 0 saturated carbocycles. The number of hydrogen-bond donors (Lipinski definition) is 3. The molecule has 3 aromatic carbocycles. The predicted molar refractivity (Wildman–Crippen MR) is 242 cm³/mol. The highest BCUT2D eigenvalue weighted by atomic mass is 35.5. The lowest BCUT2D eigenvalue weighted by atomic mass is 9.72. The predicted octanol–water partition coefficient (Wildman–Crippen LogP) is 8.67. The van der Waals surface area contributed by atoms with E-state index in [2.05, 4.69) is 29.1 Å². The third kappa shape index (κ3) is 10.0. The highest BCUT2D eigenvalue weighted by Gasteiger charge is 2.38. The zero-order valence-corrected chi connectivity index (χ0v) is 36.7. The number of nitrogens with one attached hydrogen (secondary N) is 3. The van der Waals surface area contributed by atoms with Gasteiger partial charge in [0.05, 0.1) is 21.6 Å². The molecule has 0 spiro atoms. The second-order valence-electron chi connectivity index (χ2n) is 17.6. The largest absolute Gasteiger partial charge is 0.632 e. The highest BCUT2D eigenvalue weighted by molar-refractivity contribution is 7.90. The van der Waals surface area contributed by atoms with E-state index in [1.807, 2.05) is 29.0 Å². The summed E-state index contributed by atoms with van der Waals surface area (Å²) in [4.78, 5) is 32.2. The Hall–Kier alpha value is -5.40. The number of nitro groups is 1. The summed E-state index contributed by atoms with van der Waals surface area (Å²) in [7, 11) is -4.66. The van der Waals surface area contributed by atoms with Crippen LogP contribution in [0, 0.1) is 31.9 Å². The summed E-state index contributed by atoms with van der Waals surface area (Å²) in [5.74, 6) is -0.769. The summed E-state index contributed by atoms with van der Waals surface area (Å²) in [6, 6.07) is 18.7. The lowest BCUT2D eigenvalue weighted by molar-refractivity contribution is -0.879. The van der Waals surface area contributed by atoms with Crippen LogP contribution < -0.4 is 19.4 Å². The monoisotopic (exact) mass is 899 g/mol. The Morgan fingerprint density at radius 1 is 1.02 bits per heavy atom. The van der Waals surface area contributed by atoms with Gasteiger partial charge in [-0.3, -0.25) is 14.9 Å². The normalized spacial score (nSPS) is 21.9. The molecule has 1 aliphatic carbocycles. The molecule has 0 unspecified atom stereocenters. The molecule has 18 heteroatoms. The first-order valence-electron chi connectivity index (χ1n) is 21.0. The van der Waals surface area contributed by atoms with E-state index >= 15 is 0 Å². The van der Waals surface area contributed by atoms with E-state index in [4.69, 9.17) is 21.1 Å². The van der Waals surface area contributed by atoms with Gasteiger partial charge in [-0.15, -0.1) is 0 Å². The maximum Gasteiger partial charge on any atom is 0.293 e. The number of carbonyl (C=O) groups is 1. The van der Waals surface area contributed by atoms with Gasteiger partial charge in [0.15, 0.2) is 0 Å². The number of pyridine rings is 1. The number of piperazine rings is 1. The molecule has 3 N–H and O–H groups in total. The second kappa shape index (κ2) is 17.6. The summed E-state index contributed by atoms with van der Waals surface area (Å²) >= 11 is 6.20. The molecule has 2 fully saturated rings. The number of anilines is 1. The molecule has 4 heterocycles. The zero-order chi connectivity index (χ0) is 44.6. The minimum Gasteiger partial charge on any atom is -0.632 e. The number of hydrogen-bond acceptors (Lipinski definition) is 11. The van der Waals surface area contributed by atoms with Crippen molar-refractivity contribution < 1.29 is 32.3 Å². The fraction of sp³-hybridized carbons (Fsp3) is 0.378. The van der Waals surface area contributed by atoms with E-state index in [0.717, 1.165) is 54.9 Å². The first-order valence-corrected chi connectivity index (χ1v) is 22.9. The summed E-state index contributed by atoms with van der Waals surface area (Å²) in [6.45, 7) is 6.37. The maximum atomic E-state index is 14.6. The number of ether oxygens (including phenoxy) is 2. The molecule has 2 aromatic heterocycles. The number of nitro benzene ring substituents is 1. The van der Waals surface area contributed by atoms with E-state index in [9.17, 15) is 33.7 Å². The Labute approximate surface area is 370 Å². The number of quaternary nitrogens is 2. The molecule has 3 aliphatic rings. The van der Waals surface area contributed by atoms with Gasteiger partial charge in [-0.1, -0.05) is 37.6 Å². The molecule has 0 radical (unpaired) electrons. The van der Waals surface area contributed by atoms with E-state index in [-0.39, 0.29) is 72.5 Å². The smallest absolute Gasteiger partial charge is 0.293 e. The number of nitrogens with zero attached hydrogens (tertiary/aromatic N) is 4. The van der Waals surface area contributed by atoms with Crippen LogP contribution >= 0.6 is 11.6 Å². The van der Waals surface area contributed by atoms with Crippen molar-refractivity contribution in [3.8, 4) is 11.5 Å². The van der Waals surface area contributed by atoms with Crippen LogP contribution in [0.25, 0.3) is 16.6 Å². The summed E-state index contributed by atoms with van der Waals surface area (Å²) in [5, 5.41) is 45.5. The van der Waals surface area contributed by atoms with E-state index in [0.29, 0.717) is 35.8 Å². The summed E-state index contributed by atoms with van der Waals surface area (Å²) < 4.78 is 39.5. The quantitative estimate of drug-likeness (QED) is 0.0440. The number of aromatic amines is 1. The van der Waals surface area contributed by atoms with Crippen LogP contribution in [0.2, 0.25) is 5.02 Å². The molecule has 0 atom stereocenters. The average Bonchev–Trinajstić information content (AvgIpc) is 3.73. The minimum absolute atomic E-state index is 0.0467. The van der Waals surface area contributed by atoms with Crippen LogP contribution in [0.5, 0.6) is 11.5 Å². The SMILES string of the molecule is CC1(C)CCC(C[N+]2([O-])CC[N+]([O-])(c3ccc(C(=O)NS(=O)(=O)c4ccc(NCC5CCOCC5)c([N+](=O)[O-])c4)c(Oc4cnc5[nH]ccc5c4)c3)CC2)=C(c2ccc(Cl)cc2)C1. The molecular formula is C45H50ClN7O9S. The van der Waals surface area contributed by atoms with E-state index in [1.165, 1.54) is 36.5 Å². The molecule has 0 bridgehead atoms. The Kier molecular flexibility index (Phi) is 12.4. The van der Waals surface area contributed by atoms with Gasteiger partial charge in [0.1, 0.15) is 61.2 Å². The van der Waals surface area contributed by atoms with Gasteiger partial charge in [0.2, 0.25) is 0 Å². The Balaban J connectivity index is 1.04. The average molecular weight is 900 g/mol. The van der Waals surface area contributed by atoms with Crippen LogP contribution in [-0.2, 0) is 14.8 Å². The van der Waals surface area contributed by atoms with Crippen molar-refractivity contribution in [1.82, 2.24) is 19.3 Å². The number of carbonyl (C=O) groups excluding carboxylic acids is 1. The highest BCUT2D eigenvalue weighted by Crippen LogP contribution is 2.44. The lowest BCUT2D eigenvalue weighted by Gasteiger charge is -2.54. The number of H-pyrrole nitrogens is 1. The van der Waals surface area contributed by atoms with Crippen LogP contribution in [0.1, 0.15) is 61.9 Å². The molecule has 1 amide bonds. The van der Waals surface area contributed by atoms with Gasteiger partial charge in [0.25, 0.3) is 21.6 Å². The Bertz CT molecular complexity index is 2670. The van der Waals surface area contributed by atoms with Crippen molar-refractivity contribution in [2.75, 3.05) is 57.8 Å². The number of allylic oxidation sites excluding steroid dienone is 1. The number of rotatable bonds is 13. The van der Waals surface area contributed by atoms with Crippen LogP contribution in [0.4, 0.5) is 17.1 Å². The molecular weight excluding hydrogens is 850 g/mol. The van der Waals surface area contributed by atoms with Gasteiger partial charge in [-0.2, -0.15) is 0 Å². The summed E-state index contributed by atoms with van der Waals surface area (Å²) in [6.07, 6.45) is 7.26. The van der Waals surface area contributed by atoms with Crippen molar-refractivity contribution in [3.63, 3.8) is 0 Å². The second-order valence-corrected chi connectivity index (χ2v) is 19.7. The van der Waals surface area contributed by atoms with Gasteiger partial charge in [0, 0.05) is 54.6 Å². The number of aromatic nitrogens is 2. The fourth-order valence-corrected chi connectivity index (χ4v) is 9.81. The first kappa shape index (κ1) is 44.2. The zero-order valence-electron chi connectivity index (χ0n) is 35.1. The van der Waals surface area contributed by atoms with Crippen LogP contribution in [0.15, 0.2) is 95.7 Å². The Morgan fingerprint density at radius 3 is 2.49 bits per heavy atom. The molecule has 63 heavy (non-hydrogen) atoms. The van der Waals surface area contributed by atoms with Crippen molar-refractivity contribution in [1.29, 1.82) is 0 Å². The number of sulfonamides is 1. The number of amides is 1. The Morgan fingerprint density at radius 2 is 1.76 bits per heavy atom. The fourth-order valence-electron chi connectivity index (χ4n) is 8.70. The van der Waals surface area contributed by atoms with Crippen molar-refractivity contribution in [3.05, 3.63) is 127 Å². The van der Waals surface area contributed by atoms with Crippen LogP contribution in [0.3, 0.4) is 0 Å². The van der Waals surface area contributed by atoms with E-state index in [1.54, 1.807) is 18.3 Å². The maximum absolute atomic E-state index is 14.6. The molecule has 5 aromatic rings. The molecule has 8 rings (SSSR count). The van der Waals surface area contributed by atoms with Crippen molar-refractivity contribution in [2.45, 2.75) is 50.8 Å². The van der Waals surface area contributed by atoms with Gasteiger partial charge in [-0.25, -0.2) is 18.1 Å². The summed E-state index contributed by atoms with van der Waals surface area (Å²) in [5.41, 5.74) is 3.63. The molecule has 2 saturated heterocycles. The molecule has 332 valence electrons. The number of fused-ring (bicyclic) bond motifs is 1. The third-order valence-corrected chi connectivity index (χ3v) is 14.1. The topological polar surface area (TPSA) is 212 Å². The van der Waals surface area contributed by atoms with Gasteiger partial charge < -0.3 is 39.5 Å². The van der Waals surface area contributed by atoms with Crippen molar-refractivity contribution in [2.24, 2.45) is 11.3 Å². The van der Waals surface area contributed by atoms with E-state index < -0.39 is 40.7 Å². The number of halogens is 1. The van der Waals surface area contributed by atoms with Gasteiger partial charge >= 0.3 is 0 Å². The first-order chi connectivity index (χ1) is 30.0.